The molecule has 2 heterocycles. The molecule has 0 unspecified atom stereocenters. The van der Waals surface area contributed by atoms with E-state index in [0.717, 1.165) is 18.2 Å². The molecule has 8 nitrogen and oxygen atoms in total. The Morgan fingerprint density at radius 2 is 1.86 bits per heavy atom. The number of carbonyl (C=O) groups is 2. The first kappa shape index (κ1) is 26.4. The molecule has 0 spiro atoms. The Morgan fingerprint density at radius 3 is 2.51 bits per heavy atom. The van der Waals surface area contributed by atoms with Crippen LogP contribution in [0.2, 0.25) is 0 Å². The molecule has 1 aromatic carbocycles. The Bertz CT molecular complexity index is 1080. The maximum atomic E-state index is 14.2. The zero-order valence-corrected chi connectivity index (χ0v) is 19.5. The molecule has 3 rings (SSSR count). The molecule has 0 saturated heterocycles. The highest BCUT2D eigenvalue weighted by atomic mass is 19.4. The van der Waals surface area contributed by atoms with Crippen LogP contribution in [0.5, 0.6) is 0 Å². The van der Waals surface area contributed by atoms with E-state index in [4.69, 9.17) is 4.74 Å². The Balaban J connectivity index is 1.72. The molecular weight excluding hydrogens is 477 g/mol. The lowest BCUT2D eigenvalue weighted by atomic mass is 10.0. The van der Waals surface area contributed by atoms with Crippen molar-refractivity contribution in [1.29, 1.82) is 0 Å². The Hall–Kier alpha value is -3.25. The fourth-order valence-corrected chi connectivity index (χ4v) is 3.69. The van der Waals surface area contributed by atoms with E-state index < -0.39 is 47.9 Å². The average Bonchev–Trinajstić information content (AvgIpc) is 3.09. The first-order valence-corrected chi connectivity index (χ1v) is 10.9. The van der Waals surface area contributed by atoms with Crippen molar-refractivity contribution in [3.63, 3.8) is 0 Å². The van der Waals surface area contributed by atoms with Gasteiger partial charge in [0.25, 0.3) is 0 Å². The molecule has 1 N–H and O–H groups in total. The van der Waals surface area contributed by atoms with Crippen LogP contribution in [0.25, 0.3) is 0 Å². The molecule has 0 aliphatic carbocycles. The zero-order chi connectivity index (χ0) is 26.0. The Morgan fingerprint density at radius 1 is 1.14 bits per heavy atom. The van der Waals surface area contributed by atoms with Gasteiger partial charge < -0.3 is 19.5 Å². The summed E-state index contributed by atoms with van der Waals surface area (Å²) < 4.78 is 72.6. The molecule has 0 fully saturated rings. The van der Waals surface area contributed by atoms with Gasteiger partial charge in [0, 0.05) is 25.6 Å². The van der Waals surface area contributed by atoms with Gasteiger partial charge in [-0.3, -0.25) is 4.79 Å². The van der Waals surface area contributed by atoms with Crippen molar-refractivity contribution in [2.24, 2.45) is 0 Å². The van der Waals surface area contributed by atoms with Crippen molar-refractivity contribution in [2.45, 2.75) is 70.9 Å². The van der Waals surface area contributed by atoms with Gasteiger partial charge in [0.2, 0.25) is 5.91 Å². The summed E-state index contributed by atoms with van der Waals surface area (Å²) in [5, 5.41) is 9.89. The highest BCUT2D eigenvalue weighted by molar-refractivity contribution is 5.78. The van der Waals surface area contributed by atoms with Crippen molar-refractivity contribution in [1.82, 2.24) is 25.0 Å². The highest BCUT2D eigenvalue weighted by Gasteiger charge is 2.34. The number of rotatable bonds is 6. The van der Waals surface area contributed by atoms with E-state index in [0.29, 0.717) is 0 Å². The molecule has 1 atom stereocenters. The molecule has 13 heteroatoms. The van der Waals surface area contributed by atoms with E-state index >= 15 is 0 Å². The third kappa shape index (κ3) is 7.62. The second-order valence-corrected chi connectivity index (χ2v) is 9.28. The lowest BCUT2D eigenvalue weighted by Gasteiger charge is -2.30. The van der Waals surface area contributed by atoms with Gasteiger partial charge in [0.1, 0.15) is 29.5 Å². The average molecular weight is 503 g/mol. The summed E-state index contributed by atoms with van der Waals surface area (Å²) >= 11 is 0. The summed E-state index contributed by atoms with van der Waals surface area (Å²) in [4.78, 5) is 26.7. The number of hydrogen-bond acceptors (Lipinski definition) is 5. The minimum Gasteiger partial charge on any atom is -0.444 e. The van der Waals surface area contributed by atoms with Crippen LogP contribution in [0.4, 0.5) is 26.7 Å². The van der Waals surface area contributed by atoms with Crippen molar-refractivity contribution in [3.8, 4) is 0 Å². The number of aromatic nitrogens is 3. The van der Waals surface area contributed by atoms with Crippen LogP contribution >= 0.6 is 0 Å². The number of hydrogen-bond donors (Lipinski definition) is 1. The molecule has 1 aromatic heterocycles. The number of nitrogens with zero attached hydrogens (tertiary/aromatic N) is 4. The largest absolute Gasteiger partial charge is 0.444 e. The first-order chi connectivity index (χ1) is 16.2. The standard InChI is InChI=1S/C22H26F5N5O3/c1-21(2,3)35-20(34)28-15(9-13-8-14(23)4-5-16(13)24)10-19(33)31-6-7-32-17(11-22(25,26)27)29-30-18(32)12-31/h4-5,8,15H,6-7,9-12H2,1-3H3,(H,28,34)/t15-/m1/s1. The van der Waals surface area contributed by atoms with Crippen molar-refractivity contribution in [2.75, 3.05) is 6.54 Å². The van der Waals surface area contributed by atoms with Crippen LogP contribution in [0, 0.1) is 11.6 Å². The molecule has 0 saturated carbocycles. The summed E-state index contributed by atoms with van der Waals surface area (Å²) in [6.07, 6.45) is -6.96. The summed E-state index contributed by atoms with van der Waals surface area (Å²) in [5.41, 5.74) is -0.859. The second-order valence-electron chi connectivity index (χ2n) is 9.28. The van der Waals surface area contributed by atoms with Crippen LogP contribution < -0.4 is 5.32 Å². The van der Waals surface area contributed by atoms with Gasteiger partial charge in [-0.25, -0.2) is 13.6 Å². The first-order valence-electron chi connectivity index (χ1n) is 10.9. The van der Waals surface area contributed by atoms with Crippen LogP contribution in [-0.4, -0.2) is 56.0 Å². The van der Waals surface area contributed by atoms with Crippen molar-refractivity contribution < 1.29 is 36.3 Å². The maximum Gasteiger partial charge on any atom is 0.407 e. The zero-order valence-electron chi connectivity index (χ0n) is 19.5. The van der Waals surface area contributed by atoms with E-state index in [-0.39, 0.29) is 49.7 Å². The molecule has 192 valence electrons. The highest BCUT2D eigenvalue weighted by Crippen LogP contribution is 2.23. The topological polar surface area (TPSA) is 89.4 Å². The third-order valence-corrected chi connectivity index (χ3v) is 5.16. The minimum atomic E-state index is -4.44. The van der Waals surface area contributed by atoms with E-state index in [2.05, 4.69) is 15.5 Å². The van der Waals surface area contributed by atoms with Crippen LogP contribution in [-0.2, 0) is 35.5 Å². The van der Waals surface area contributed by atoms with E-state index in [9.17, 15) is 31.5 Å². The molecule has 0 radical (unpaired) electrons. The third-order valence-electron chi connectivity index (χ3n) is 5.16. The number of benzene rings is 1. The monoisotopic (exact) mass is 503 g/mol. The smallest absolute Gasteiger partial charge is 0.407 e. The predicted octanol–water partition coefficient (Wildman–Crippen LogP) is 3.53. The molecule has 1 aliphatic rings. The quantitative estimate of drug-likeness (QED) is 0.610. The lowest BCUT2D eigenvalue weighted by Crippen LogP contribution is -2.45. The van der Waals surface area contributed by atoms with E-state index in [1.54, 1.807) is 20.8 Å². The number of ether oxygens (including phenoxy) is 1. The minimum absolute atomic E-state index is 0.0333. The van der Waals surface area contributed by atoms with E-state index in [1.165, 1.54) is 9.47 Å². The van der Waals surface area contributed by atoms with Gasteiger partial charge in [0.05, 0.1) is 6.54 Å². The van der Waals surface area contributed by atoms with Gasteiger partial charge in [-0.1, -0.05) is 0 Å². The molecule has 35 heavy (non-hydrogen) atoms. The molecule has 2 amide bonds. The molecule has 1 aliphatic heterocycles. The SMILES string of the molecule is CC(C)(C)OC(=O)N[C@@H](CC(=O)N1CCn2c(nnc2CC(F)(F)F)C1)Cc1cc(F)ccc1F. The molecule has 2 aromatic rings. The van der Waals surface area contributed by atoms with Gasteiger partial charge >= 0.3 is 12.3 Å². The maximum absolute atomic E-state index is 14.2. The number of alkyl carbamates (subject to hydrolysis) is 1. The number of fused-ring (bicyclic) bond motifs is 1. The van der Waals surface area contributed by atoms with Crippen molar-refractivity contribution >= 4 is 12.0 Å². The summed E-state index contributed by atoms with van der Waals surface area (Å²) in [6, 6.07) is 1.95. The molecular formula is C22H26F5N5O3. The molecule has 0 bridgehead atoms. The number of carbonyl (C=O) groups excluding carboxylic acids is 2. The Kier molecular flexibility index (Phi) is 7.65. The van der Waals surface area contributed by atoms with Crippen molar-refractivity contribution in [3.05, 3.63) is 47.0 Å². The predicted molar refractivity (Wildman–Crippen MR) is 113 cm³/mol. The van der Waals surface area contributed by atoms with Crippen LogP contribution in [0.3, 0.4) is 0 Å². The summed E-state index contributed by atoms with van der Waals surface area (Å²) in [5.74, 6) is -1.84. The van der Waals surface area contributed by atoms with Gasteiger partial charge in [-0.15, -0.1) is 10.2 Å². The number of nitrogens with one attached hydrogen (secondary N) is 1. The number of alkyl halides is 3. The Labute approximate surface area is 198 Å². The summed E-state index contributed by atoms with van der Waals surface area (Å²) in [6.45, 7) is 5.04. The number of amides is 2. The fraction of sp³-hybridized carbons (Fsp3) is 0.545. The normalized spacial score (nSPS) is 14.9. The van der Waals surface area contributed by atoms with Crippen LogP contribution in [0.1, 0.15) is 44.4 Å². The van der Waals surface area contributed by atoms with Gasteiger partial charge in [0.15, 0.2) is 5.82 Å². The second kappa shape index (κ2) is 10.2. The van der Waals surface area contributed by atoms with Gasteiger partial charge in [-0.05, 0) is 51.0 Å². The lowest BCUT2D eigenvalue weighted by molar-refractivity contribution is -0.134. The van der Waals surface area contributed by atoms with Gasteiger partial charge in [-0.2, -0.15) is 13.2 Å². The fourth-order valence-electron chi connectivity index (χ4n) is 3.69. The number of halogens is 5. The van der Waals surface area contributed by atoms with E-state index in [1.807, 2.05) is 0 Å². The summed E-state index contributed by atoms with van der Waals surface area (Å²) in [7, 11) is 0. The van der Waals surface area contributed by atoms with Crippen LogP contribution in [0.15, 0.2) is 18.2 Å².